The van der Waals surface area contributed by atoms with E-state index in [0.717, 1.165) is 50.8 Å². The third-order valence-electron chi connectivity index (χ3n) is 7.22. The van der Waals surface area contributed by atoms with Crippen LogP contribution < -0.4 is 24.7 Å². The van der Waals surface area contributed by atoms with Gasteiger partial charge in [0, 0.05) is 32.5 Å². The zero-order chi connectivity index (χ0) is 45.2. The number of esters is 3. The van der Waals surface area contributed by atoms with Crippen molar-refractivity contribution in [3.8, 4) is 23.0 Å². The summed E-state index contributed by atoms with van der Waals surface area (Å²) in [6.07, 6.45) is 0. The molecule has 0 atom stereocenters. The van der Waals surface area contributed by atoms with Crippen LogP contribution in [-0.4, -0.2) is 72.5 Å². The minimum Gasteiger partial charge on any atom is -0.507 e. The van der Waals surface area contributed by atoms with Crippen molar-refractivity contribution in [1.29, 1.82) is 0 Å². The maximum absolute atomic E-state index is 12.3. The molecule has 0 saturated carbocycles. The van der Waals surface area contributed by atoms with Crippen LogP contribution in [0.4, 0.5) is 30.2 Å². The lowest BCUT2D eigenvalue weighted by Crippen LogP contribution is -2.28. The molecule has 0 bridgehead atoms. The Labute approximate surface area is 360 Å². The van der Waals surface area contributed by atoms with Crippen molar-refractivity contribution in [2.75, 3.05) is 46.6 Å². The zero-order valence-electron chi connectivity index (χ0n) is 32.6. The molecular weight excluding hydrogens is 949 g/mol. The molecule has 0 aromatic heterocycles. The molecule has 322 valence electrons. The first-order valence-corrected chi connectivity index (χ1v) is 19.6. The Morgan fingerprint density at radius 1 is 0.667 bits per heavy atom. The number of anilines is 3. The van der Waals surface area contributed by atoms with Crippen molar-refractivity contribution < 1.29 is 68.9 Å². The average Bonchev–Trinajstić information content (AvgIpc) is 3.20. The van der Waals surface area contributed by atoms with Gasteiger partial charge < -0.3 is 44.0 Å². The molecule has 0 saturated heterocycles. The number of aryl methyl sites for hydroxylation is 1. The molecule has 5 aromatic rings. The standard InChI is InChI=1S/C15H14BrNO2.C10H9F3O6S.C9H10O4.C6H6BrN/c1-10-6-7-13(15(18)19-2)14(8-10)17-12-5-3-4-11(16)9-12;1-17-6-3-4-7(9(14)18-2)8(5-6)19-20(15,16)10(11,12)13;1-12-6-3-4-7(8(10)5-6)9(11)13-2;7-5-2-1-3-6(8)4-5/h3-9,17H,1-2H3;3-5H,1-2H3;3-5,10H,1-2H3;1-4H,8H2. The number of aromatic hydroxyl groups is 1. The summed E-state index contributed by atoms with van der Waals surface area (Å²) in [5.41, 5.74) is 3.48. The maximum Gasteiger partial charge on any atom is 0.534 e. The predicted octanol–water partition coefficient (Wildman–Crippen LogP) is 9.22. The van der Waals surface area contributed by atoms with E-state index in [1.54, 1.807) is 12.1 Å². The van der Waals surface area contributed by atoms with E-state index in [4.69, 9.17) is 19.9 Å². The van der Waals surface area contributed by atoms with Crippen LogP contribution in [0.25, 0.3) is 0 Å². The maximum atomic E-state index is 12.3. The highest BCUT2D eigenvalue weighted by atomic mass is 79.9. The summed E-state index contributed by atoms with van der Waals surface area (Å²) in [5.74, 6) is -2.47. The van der Waals surface area contributed by atoms with Gasteiger partial charge in [0.25, 0.3) is 0 Å². The van der Waals surface area contributed by atoms with Crippen LogP contribution >= 0.6 is 31.9 Å². The number of ether oxygens (including phenoxy) is 5. The SMILES string of the molecule is COC(=O)c1ccc(C)cc1Nc1cccc(Br)c1.COC(=O)c1ccc(OC)cc1O.COC(=O)c1ccc(OC)cc1OS(=O)(=O)C(F)(F)F.Nc1cccc(Br)c1. The molecule has 0 amide bonds. The van der Waals surface area contributed by atoms with Crippen molar-refractivity contribution in [1.82, 2.24) is 0 Å². The number of hydrogen-bond acceptors (Lipinski definition) is 14. The normalized spacial score (nSPS) is 10.4. The van der Waals surface area contributed by atoms with Crippen LogP contribution in [0.2, 0.25) is 0 Å². The van der Waals surface area contributed by atoms with Gasteiger partial charge in [0.2, 0.25) is 0 Å². The van der Waals surface area contributed by atoms with Crippen LogP contribution in [0.1, 0.15) is 36.6 Å². The second-order valence-electron chi connectivity index (χ2n) is 11.4. The summed E-state index contributed by atoms with van der Waals surface area (Å²) in [4.78, 5) is 34.1. The van der Waals surface area contributed by atoms with E-state index in [2.05, 4.69) is 50.8 Å². The molecule has 0 spiro atoms. The van der Waals surface area contributed by atoms with Gasteiger partial charge in [0.15, 0.2) is 5.75 Å². The number of alkyl halides is 3. The number of nitrogen functional groups attached to an aromatic ring is 1. The molecule has 14 nitrogen and oxygen atoms in total. The average molecular weight is 989 g/mol. The lowest BCUT2D eigenvalue weighted by Gasteiger charge is -2.13. The Bertz CT molecular complexity index is 2350. The molecule has 0 radical (unpaired) electrons. The zero-order valence-corrected chi connectivity index (χ0v) is 36.6. The van der Waals surface area contributed by atoms with Crippen LogP contribution in [0.3, 0.4) is 0 Å². The van der Waals surface area contributed by atoms with Gasteiger partial charge in [-0.05, 0) is 85.3 Å². The number of benzene rings is 5. The molecule has 0 heterocycles. The Balaban J connectivity index is 0.000000288. The van der Waals surface area contributed by atoms with E-state index < -0.39 is 38.9 Å². The fourth-order valence-corrected chi connectivity index (χ4v) is 5.63. The van der Waals surface area contributed by atoms with Gasteiger partial charge >= 0.3 is 33.5 Å². The van der Waals surface area contributed by atoms with Crippen molar-refractivity contribution in [2.45, 2.75) is 12.4 Å². The monoisotopic (exact) mass is 986 g/mol. The smallest absolute Gasteiger partial charge is 0.507 e. The van der Waals surface area contributed by atoms with Gasteiger partial charge in [0.05, 0.1) is 46.8 Å². The summed E-state index contributed by atoms with van der Waals surface area (Å²) < 4.78 is 87.7. The second kappa shape index (κ2) is 23.6. The third kappa shape index (κ3) is 15.6. The second-order valence-corrected chi connectivity index (χ2v) is 14.8. The fraction of sp³-hybridized carbons (Fsp3) is 0.175. The van der Waals surface area contributed by atoms with Crippen molar-refractivity contribution in [3.05, 3.63) is 134 Å². The van der Waals surface area contributed by atoms with Crippen LogP contribution in [0, 0.1) is 6.92 Å². The quantitative estimate of drug-likeness (QED) is 0.0415. The van der Waals surface area contributed by atoms with E-state index in [9.17, 15) is 41.1 Å². The predicted molar refractivity (Wildman–Crippen MR) is 224 cm³/mol. The van der Waals surface area contributed by atoms with Gasteiger partial charge in [-0.1, -0.05) is 50.1 Å². The van der Waals surface area contributed by atoms with E-state index in [1.165, 1.54) is 46.6 Å². The molecule has 4 N–H and O–H groups in total. The lowest BCUT2D eigenvalue weighted by molar-refractivity contribution is -0.0500. The number of halogens is 5. The number of methoxy groups -OCH3 is 5. The molecule has 0 aliphatic heterocycles. The van der Waals surface area contributed by atoms with Gasteiger partial charge in [-0.2, -0.15) is 21.6 Å². The Hall–Kier alpha value is -5.99. The van der Waals surface area contributed by atoms with Gasteiger partial charge in [-0.25, -0.2) is 14.4 Å². The van der Waals surface area contributed by atoms with E-state index in [1.807, 2.05) is 67.6 Å². The third-order valence-corrected chi connectivity index (χ3v) is 9.17. The summed E-state index contributed by atoms with van der Waals surface area (Å²) in [6.45, 7) is 1.98. The number of phenols is 1. The molecule has 0 aliphatic carbocycles. The largest absolute Gasteiger partial charge is 0.534 e. The highest BCUT2D eigenvalue weighted by Crippen LogP contribution is 2.32. The molecule has 5 aromatic carbocycles. The molecule has 60 heavy (non-hydrogen) atoms. The highest BCUT2D eigenvalue weighted by Gasteiger charge is 2.49. The topological polar surface area (TPSA) is 199 Å². The van der Waals surface area contributed by atoms with Gasteiger partial charge in [-0.3, -0.25) is 0 Å². The number of carbonyl (C=O) groups is 3. The Kier molecular flexibility index (Phi) is 19.7. The first kappa shape index (κ1) is 50.2. The van der Waals surface area contributed by atoms with Crippen LogP contribution in [-0.2, 0) is 24.3 Å². The summed E-state index contributed by atoms with van der Waals surface area (Å²) in [5, 5.41) is 12.6. The minimum absolute atomic E-state index is 0.00466. The molecule has 0 unspecified atom stereocenters. The molecule has 0 fully saturated rings. The number of hydrogen-bond donors (Lipinski definition) is 3. The fourth-order valence-electron chi connectivity index (χ4n) is 4.34. The van der Waals surface area contributed by atoms with Gasteiger partial charge in [-0.15, -0.1) is 0 Å². The summed E-state index contributed by atoms with van der Waals surface area (Å²) >= 11 is 6.70. The Morgan fingerprint density at radius 3 is 1.65 bits per heavy atom. The summed E-state index contributed by atoms with van der Waals surface area (Å²) in [7, 11) is 0.396. The van der Waals surface area contributed by atoms with E-state index in [-0.39, 0.29) is 23.0 Å². The van der Waals surface area contributed by atoms with Crippen molar-refractivity contribution in [3.63, 3.8) is 0 Å². The van der Waals surface area contributed by atoms with Crippen molar-refractivity contribution >= 4 is 76.9 Å². The van der Waals surface area contributed by atoms with Crippen LogP contribution in [0.15, 0.2) is 112 Å². The van der Waals surface area contributed by atoms with E-state index >= 15 is 0 Å². The molecule has 0 aliphatic rings. The Morgan fingerprint density at radius 2 is 1.17 bits per heavy atom. The number of carbonyl (C=O) groups excluding carboxylic acids is 3. The number of phenolic OH excluding ortho intramolecular Hbond substituents is 1. The number of rotatable bonds is 9. The lowest BCUT2D eigenvalue weighted by atomic mass is 10.1. The first-order chi connectivity index (χ1) is 28.2. The minimum atomic E-state index is -5.90. The highest BCUT2D eigenvalue weighted by molar-refractivity contribution is 9.10. The molecule has 5 rings (SSSR count). The first-order valence-electron chi connectivity index (χ1n) is 16.6. The van der Waals surface area contributed by atoms with E-state index in [0.29, 0.717) is 11.3 Å². The molecule has 20 heteroatoms. The van der Waals surface area contributed by atoms with Crippen molar-refractivity contribution in [2.24, 2.45) is 0 Å². The number of nitrogens with one attached hydrogen (secondary N) is 1. The summed E-state index contributed by atoms with van der Waals surface area (Å²) in [6, 6.07) is 28.4. The van der Waals surface area contributed by atoms with Gasteiger partial charge in [0.1, 0.15) is 28.4 Å². The molecular formula is C40H39Br2F3N2O12S. The number of nitrogens with two attached hydrogens (primary N) is 1. The van der Waals surface area contributed by atoms with Crippen LogP contribution in [0.5, 0.6) is 23.0 Å².